The maximum Gasteiger partial charge on any atom is 0.238 e. The number of carbonyl (C=O) groups excluding carboxylic acids is 1. The highest BCUT2D eigenvalue weighted by Crippen LogP contribution is 2.15. The van der Waals surface area contributed by atoms with Crippen molar-refractivity contribution >= 4 is 23.2 Å². The molecule has 0 aliphatic heterocycles. The number of rotatable bonds is 5. The number of amides is 1. The summed E-state index contributed by atoms with van der Waals surface area (Å²) in [5.41, 5.74) is 4.18. The van der Waals surface area contributed by atoms with Gasteiger partial charge in [-0.15, -0.1) is 0 Å². The van der Waals surface area contributed by atoms with Crippen molar-refractivity contribution in [3.05, 3.63) is 64.2 Å². The molecule has 0 fully saturated rings. The van der Waals surface area contributed by atoms with Crippen molar-refractivity contribution in [2.24, 2.45) is 0 Å². The van der Waals surface area contributed by atoms with Crippen LogP contribution in [0.25, 0.3) is 0 Å². The fourth-order valence-electron chi connectivity index (χ4n) is 1.98. The van der Waals surface area contributed by atoms with E-state index in [2.05, 4.69) is 10.6 Å². The quantitative estimate of drug-likeness (QED) is 0.884. The fourth-order valence-corrected chi connectivity index (χ4v) is 2.18. The Balaban J connectivity index is 1.82. The zero-order valence-electron chi connectivity index (χ0n) is 12.2. The van der Waals surface area contributed by atoms with Gasteiger partial charge >= 0.3 is 0 Å². The molecule has 21 heavy (non-hydrogen) atoms. The summed E-state index contributed by atoms with van der Waals surface area (Å²) in [4.78, 5) is 11.9. The van der Waals surface area contributed by atoms with E-state index in [-0.39, 0.29) is 12.5 Å². The van der Waals surface area contributed by atoms with Crippen LogP contribution in [0, 0.1) is 13.8 Å². The lowest BCUT2D eigenvalue weighted by atomic mass is 10.1. The minimum absolute atomic E-state index is 0.0645. The van der Waals surface area contributed by atoms with Gasteiger partial charge in [-0.05, 0) is 48.7 Å². The molecule has 0 radical (unpaired) electrons. The first-order valence-electron chi connectivity index (χ1n) is 6.87. The van der Waals surface area contributed by atoms with E-state index in [9.17, 15) is 4.79 Å². The minimum Gasteiger partial charge on any atom is -0.325 e. The zero-order valence-corrected chi connectivity index (χ0v) is 13.0. The second kappa shape index (κ2) is 7.25. The topological polar surface area (TPSA) is 41.1 Å². The van der Waals surface area contributed by atoms with Crippen LogP contribution in [0.15, 0.2) is 42.5 Å². The smallest absolute Gasteiger partial charge is 0.238 e. The summed E-state index contributed by atoms with van der Waals surface area (Å²) in [6, 6.07) is 13.5. The van der Waals surface area contributed by atoms with Crippen molar-refractivity contribution in [3.63, 3.8) is 0 Å². The zero-order chi connectivity index (χ0) is 15.2. The Morgan fingerprint density at radius 2 is 1.86 bits per heavy atom. The third-order valence-corrected chi connectivity index (χ3v) is 3.72. The number of carbonyl (C=O) groups is 1. The van der Waals surface area contributed by atoms with Gasteiger partial charge in [-0.1, -0.05) is 35.9 Å². The summed E-state index contributed by atoms with van der Waals surface area (Å²) in [7, 11) is 0. The molecule has 1 amide bonds. The summed E-state index contributed by atoms with van der Waals surface area (Å²) in [5.74, 6) is -0.0645. The second-order valence-corrected chi connectivity index (χ2v) is 5.45. The Morgan fingerprint density at radius 1 is 1.10 bits per heavy atom. The van der Waals surface area contributed by atoms with Crippen molar-refractivity contribution in [2.75, 3.05) is 11.9 Å². The molecule has 2 rings (SSSR count). The van der Waals surface area contributed by atoms with Gasteiger partial charge < -0.3 is 10.6 Å². The molecule has 0 aromatic heterocycles. The van der Waals surface area contributed by atoms with E-state index in [1.54, 1.807) is 0 Å². The van der Waals surface area contributed by atoms with Gasteiger partial charge in [-0.2, -0.15) is 0 Å². The monoisotopic (exact) mass is 302 g/mol. The van der Waals surface area contributed by atoms with Crippen LogP contribution in [0.1, 0.15) is 16.7 Å². The molecule has 2 N–H and O–H groups in total. The maximum absolute atomic E-state index is 11.9. The predicted molar refractivity (Wildman–Crippen MR) is 87.7 cm³/mol. The number of anilines is 1. The number of aryl methyl sites for hydroxylation is 2. The van der Waals surface area contributed by atoms with Crippen LogP contribution in [0.5, 0.6) is 0 Å². The molecule has 0 spiro atoms. The SMILES string of the molecule is Cc1ccc(NC(=O)CNCc2ccccc2Cl)cc1C. The molecule has 0 saturated heterocycles. The van der Waals surface area contributed by atoms with E-state index in [4.69, 9.17) is 11.6 Å². The van der Waals surface area contributed by atoms with E-state index < -0.39 is 0 Å². The van der Waals surface area contributed by atoms with E-state index in [0.717, 1.165) is 16.8 Å². The number of hydrogen-bond donors (Lipinski definition) is 2. The third kappa shape index (κ3) is 4.59. The Bertz CT molecular complexity index is 640. The third-order valence-electron chi connectivity index (χ3n) is 3.35. The van der Waals surface area contributed by atoms with Crippen LogP contribution in [-0.2, 0) is 11.3 Å². The highest BCUT2D eigenvalue weighted by Gasteiger charge is 2.04. The van der Waals surface area contributed by atoms with Gasteiger partial charge in [0.25, 0.3) is 0 Å². The number of benzene rings is 2. The largest absolute Gasteiger partial charge is 0.325 e. The first-order chi connectivity index (χ1) is 10.1. The van der Waals surface area contributed by atoms with Gasteiger partial charge in [0.1, 0.15) is 0 Å². The van der Waals surface area contributed by atoms with Crippen molar-refractivity contribution < 1.29 is 4.79 Å². The van der Waals surface area contributed by atoms with E-state index in [1.807, 2.05) is 56.3 Å². The van der Waals surface area contributed by atoms with Crippen molar-refractivity contribution in [1.29, 1.82) is 0 Å². The minimum atomic E-state index is -0.0645. The molecule has 0 aliphatic rings. The number of halogens is 1. The highest BCUT2D eigenvalue weighted by atomic mass is 35.5. The number of nitrogens with one attached hydrogen (secondary N) is 2. The second-order valence-electron chi connectivity index (χ2n) is 5.04. The molecular formula is C17H19ClN2O. The molecule has 0 bridgehead atoms. The molecule has 0 saturated carbocycles. The van der Waals surface area contributed by atoms with Gasteiger partial charge in [-0.3, -0.25) is 4.79 Å². The Kier molecular flexibility index (Phi) is 5.37. The van der Waals surface area contributed by atoms with Crippen LogP contribution in [0.3, 0.4) is 0 Å². The molecule has 2 aromatic carbocycles. The molecule has 4 heteroatoms. The summed E-state index contributed by atoms with van der Waals surface area (Å²) < 4.78 is 0. The van der Waals surface area contributed by atoms with Crippen LogP contribution >= 0.6 is 11.6 Å². The number of hydrogen-bond acceptors (Lipinski definition) is 2. The lowest BCUT2D eigenvalue weighted by Crippen LogP contribution is -2.27. The average molecular weight is 303 g/mol. The summed E-state index contributed by atoms with van der Waals surface area (Å²) in [5, 5.41) is 6.68. The Morgan fingerprint density at radius 3 is 2.57 bits per heavy atom. The van der Waals surface area contributed by atoms with Crippen LogP contribution in [0.4, 0.5) is 5.69 Å². The van der Waals surface area contributed by atoms with Gasteiger partial charge in [-0.25, -0.2) is 0 Å². The standard InChI is InChI=1S/C17H19ClN2O/c1-12-7-8-15(9-13(12)2)20-17(21)11-19-10-14-5-3-4-6-16(14)18/h3-9,19H,10-11H2,1-2H3,(H,20,21). The first-order valence-corrected chi connectivity index (χ1v) is 7.25. The first kappa shape index (κ1) is 15.5. The molecule has 110 valence electrons. The molecule has 0 atom stereocenters. The molecule has 0 heterocycles. The van der Waals surface area contributed by atoms with Crippen LogP contribution in [-0.4, -0.2) is 12.5 Å². The molecule has 2 aromatic rings. The van der Waals surface area contributed by atoms with Crippen molar-refractivity contribution in [2.45, 2.75) is 20.4 Å². The maximum atomic E-state index is 11.9. The van der Waals surface area contributed by atoms with E-state index >= 15 is 0 Å². The fraction of sp³-hybridized carbons (Fsp3) is 0.235. The van der Waals surface area contributed by atoms with E-state index in [1.165, 1.54) is 5.56 Å². The summed E-state index contributed by atoms with van der Waals surface area (Å²) >= 11 is 6.06. The van der Waals surface area contributed by atoms with Crippen molar-refractivity contribution in [1.82, 2.24) is 5.32 Å². The normalized spacial score (nSPS) is 10.4. The van der Waals surface area contributed by atoms with Gasteiger partial charge in [0.2, 0.25) is 5.91 Å². The van der Waals surface area contributed by atoms with Crippen LogP contribution in [0.2, 0.25) is 5.02 Å². The van der Waals surface area contributed by atoms with Gasteiger partial charge in [0, 0.05) is 17.3 Å². The van der Waals surface area contributed by atoms with Crippen LogP contribution < -0.4 is 10.6 Å². The van der Waals surface area contributed by atoms with Gasteiger partial charge in [0.15, 0.2) is 0 Å². The highest BCUT2D eigenvalue weighted by molar-refractivity contribution is 6.31. The van der Waals surface area contributed by atoms with E-state index in [0.29, 0.717) is 11.6 Å². The summed E-state index contributed by atoms with van der Waals surface area (Å²) in [6.45, 7) is 4.89. The Labute approximate surface area is 130 Å². The molecule has 3 nitrogen and oxygen atoms in total. The lowest BCUT2D eigenvalue weighted by molar-refractivity contribution is -0.115. The van der Waals surface area contributed by atoms with Crippen molar-refractivity contribution in [3.8, 4) is 0 Å². The predicted octanol–water partition coefficient (Wildman–Crippen LogP) is 3.69. The molecular weight excluding hydrogens is 284 g/mol. The lowest BCUT2D eigenvalue weighted by Gasteiger charge is -2.09. The van der Waals surface area contributed by atoms with Gasteiger partial charge in [0.05, 0.1) is 6.54 Å². The molecule has 0 aliphatic carbocycles. The average Bonchev–Trinajstić information content (AvgIpc) is 2.45. The summed E-state index contributed by atoms with van der Waals surface area (Å²) in [6.07, 6.45) is 0. The molecule has 0 unspecified atom stereocenters. The Hall–Kier alpha value is -1.84.